The van der Waals surface area contributed by atoms with Gasteiger partial charge in [-0.1, -0.05) is 35.4 Å². The summed E-state index contributed by atoms with van der Waals surface area (Å²) in [6.45, 7) is 4.07. The van der Waals surface area contributed by atoms with Crippen LogP contribution >= 0.6 is 7.60 Å². The third kappa shape index (κ3) is 3.99. The van der Waals surface area contributed by atoms with Gasteiger partial charge in [-0.15, -0.1) is 0 Å². The van der Waals surface area contributed by atoms with Gasteiger partial charge >= 0.3 is 7.60 Å². The Hall–Kier alpha value is -2.39. The smallest absolute Gasteiger partial charge is 0.321 e. The molecule has 128 valence electrons. The largest absolute Gasteiger partial charge is 0.356 e. The van der Waals surface area contributed by atoms with Crippen molar-refractivity contribution in [3.63, 3.8) is 0 Å². The maximum absolute atomic E-state index is 11.4. The zero-order valence-electron chi connectivity index (χ0n) is 14.1. The van der Waals surface area contributed by atoms with Crippen LogP contribution in [0.15, 0.2) is 72.8 Å². The molecule has 0 unspecified atom stereocenters. The molecule has 3 rings (SSSR count). The first kappa shape index (κ1) is 17.4. The van der Waals surface area contributed by atoms with Crippen LogP contribution in [0.1, 0.15) is 11.1 Å². The van der Waals surface area contributed by atoms with Crippen LogP contribution < -0.4 is 10.2 Å². The lowest BCUT2D eigenvalue weighted by Crippen LogP contribution is -2.11. The quantitative estimate of drug-likeness (QED) is 0.674. The summed E-state index contributed by atoms with van der Waals surface area (Å²) in [4.78, 5) is 20.7. The van der Waals surface area contributed by atoms with Crippen LogP contribution in [-0.2, 0) is 4.57 Å². The van der Waals surface area contributed by atoms with Gasteiger partial charge < -0.3 is 14.7 Å². The fraction of sp³-hybridized carbons (Fsp3) is 0.100. The first-order valence-corrected chi connectivity index (χ1v) is 9.55. The van der Waals surface area contributed by atoms with E-state index < -0.39 is 7.60 Å². The van der Waals surface area contributed by atoms with Gasteiger partial charge in [-0.25, -0.2) is 0 Å². The van der Waals surface area contributed by atoms with Gasteiger partial charge in [-0.2, -0.15) is 0 Å². The van der Waals surface area contributed by atoms with Crippen molar-refractivity contribution in [2.24, 2.45) is 0 Å². The van der Waals surface area contributed by atoms with E-state index in [1.807, 2.05) is 62.4 Å². The molecule has 0 aliphatic heterocycles. The van der Waals surface area contributed by atoms with Crippen LogP contribution in [-0.4, -0.2) is 9.79 Å². The molecule has 2 N–H and O–H groups in total. The van der Waals surface area contributed by atoms with Crippen LogP contribution in [0.25, 0.3) is 0 Å². The Morgan fingerprint density at radius 1 is 0.640 bits per heavy atom. The molecule has 4 nitrogen and oxygen atoms in total. The van der Waals surface area contributed by atoms with Crippen LogP contribution in [0.5, 0.6) is 0 Å². The fourth-order valence-electron chi connectivity index (χ4n) is 2.63. The first-order valence-electron chi connectivity index (χ1n) is 7.94. The van der Waals surface area contributed by atoms with Crippen LogP contribution in [0, 0.1) is 13.8 Å². The number of rotatable bonds is 4. The Labute approximate surface area is 147 Å². The van der Waals surface area contributed by atoms with E-state index in [-0.39, 0.29) is 5.30 Å². The van der Waals surface area contributed by atoms with E-state index in [1.54, 1.807) is 12.1 Å². The van der Waals surface area contributed by atoms with Crippen LogP contribution in [0.3, 0.4) is 0 Å². The first-order chi connectivity index (χ1) is 11.8. The second kappa shape index (κ2) is 6.85. The maximum atomic E-state index is 11.4. The summed E-state index contributed by atoms with van der Waals surface area (Å²) in [7, 11) is -4.24. The highest BCUT2D eigenvalue weighted by atomic mass is 31.2. The van der Waals surface area contributed by atoms with Crippen molar-refractivity contribution in [2.75, 3.05) is 4.90 Å². The maximum Gasteiger partial charge on any atom is 0.356 e. The van der Waals surface area contributed by atoms with E-state index in [9.17, 15) is 14.4 Å². The van der Waals surface area contributed by atoms with Crippen molar-refractivity contribution in [3.05, 3.63) is 83.9 Å². The zero-order chi connectivity index (χ0) is 18.0. The Bertz CT molecular complexity index is 852. The topological polar surface area (TPSA) is 60.8 Å². The normalized spacial score (nSPS) is 11.4. The predicted octanol–water partition coefficient (Wildman–Crippen LogP) is 4.58. The van der Waals surface area contributed by atoms with E-state index in [2.05, 4.69) is 4.90 Å². The summed E-state index contributed by atoms with van der Waals surface area (Å²) in [5.74, 6) is 0. The lowest BCUT2D eigenvalue weighted by Gasteiger charge is -2.26. The van der Waals surface area contributed by atoms with Gasteiger partial charge in [-0.05, 0) is 62.4 Å². The van der Waals surface area contributed by atoms with Gasteiger partial charge in [0.25, 0.3) is 0 Å². The van der Waals surface area contributed by atoms with E-state index in [4.69, 9.17) is 0 Å². The third-order valence-corrected chi connectivity index (χ3v) is 5.00. The van der Waals surface area contributed by atoms with E-state index >= 15 is 0 Å². The molecule has 3 aromatic carbocycles. The minimum absolute atomic E-state index is 0.0176. The average molecular weight is 353 g/mol. The summed E-state index contributed by atoms with van der Waals surface area (Å²) in [6, 6.07) is 22.7. The zero-order valence-corrected chi connectivity index (χ0v) is 15.0. The Balaban J connectivity index is 2.09. The molecule has 0 saturated heterocycles. The minimum atomic E-state index is -4.24. The molecule has 25 heavy (non-hydrogen) atoms. The molecule has 3 aromatic rings. The number of hydrogen-bond acceptors (Lipinski definition) is 2. The lowest BCUT2D eigenvalue weighted by molar-refractivity contribution is 0.387. The molecule has 0 heterocycles. The van der Waals surface area contributed by atoms with Gasteiger partial charge in [0.15, 0.2) is 0 Å². The molecule has 0 saturated carbocycles. The van der Waals surface area contributed by atoms with Crippen molar-refractivity contribution >= 4 is 30.0 Å². The highest BCUT2D eigenvalue weighted by molar-refractivity contribution is 7.60. The van der Waals surface area contributed by atoms with Crippen molar-refractivity contribution in [3.8, 4) is 0 Å². The molecule has 0 spiro atoms. The van der Waals surface area contributed by atoms with Crippen molar-refractivity contribution < 1.29 is 14.4 Å². The average Bonchev–Trinajstić information content (AvgIpc) is 2.58. The molecular weight excluding hydrogens is 333 g/mol. The Kier molecular flexibility index (Phi) is 4.78. The molecule has 0 bridgehead atoms. The second-order valence-electron chi connectivity index (χ2n) is 6.07. The predicted molar refractivity (Wildman–Crippen MR) is 102 cm³/mol. The van der Waals surface area contributed by atoms with Gasteiger partial charge in [-0.3, -0.25) is 4.57 Å². The summed E-state index contributed by atoms with van der Waals surface area (Å²) in [6.07, 6.45) is 0. The standard InChI is InChI=1S/C20H20NO3P/c1-15-3-7-17(8-4-15)21(18-9-5-16(2)6-10-18)19-11-13-20(14-12-19)25(22,23)24/h3-14H,1-2H3,(H2,22,23,24). The van der Waals surface area contributed by atoms with Crippen LogP contribution in [0.2, 0.25) is 0 Å². The van der Waals surface area contributed by atoms with Gasteiger partial charge in [0.1, 0.15) is 0 Å². The van der Waals surface area contributed by atoms with E-state index in [1.165, 1.54) is 23.3 Å². The summed E-state index contributed by atoms with van der Waals surface area (Å²) < 4.78 is 11.4. The number of aryl methyl sites for hydroxylation is 2. The molecule has 0 radical (unpaired) electrons. The van der Waals surface area contributed by atoms with Gasteiger partial charge in [0, 0.05) is 17.1 Å². The highest BCUT2D eigenvalue weighted by Crippen LogP contribution is 2.37. The highest BCUT2D eigenvalue weighted by Gasteiger charge is 2.18. The second-order valence-corrected chi connectivity index (χ2v) is 7.67. The monoisotopic (exact) mass is 353 g/mol. The molecule has 0 atom stereocenters. The van der Waals surface area contributed by atoms with Crippen LogP contribution in [0.4, 0.5) is 17.1 Å². The van der Waals surface area contributed by atoms with Gasteiger partial charge in [0.05, 0.1) is 5.30 Å². The molecule has 5 heteroatoms. The number of anilines is 3. The molecule has 0 fully saturated rings. The summed E-state index contributed by atoms with van der Waals surface area (Å²) in [5, 5.41) is 0.0176. The lowest BCUT2D eigenvalue weighted by atomic mass is 10.1. The fourth-order valence-corrected chi connectivity index (χ4v) is 3.17. The summed E-state index contributed by atoms with van der Waals surface area (Å²) in [5.41, 5.74) is 5.15. The van der Waals surface area contributed by atoms with Crippen molar-refractivity contribution in [1.82, 2.24) is 0 Å². The molecule has 0 amide bonds. The Morgan fingerprint density at radius 3 is 1.28 bits per heavy atom. The van der Waals surface area contributed by atoms with E-state index in [0.717, 1.165) is 17.1 Å². The Morgan fingerprint density at radius 2 is 0.960 bits per heavy atom. The van der Waals surface area contributed by atoms with Crippen molar-refractivity contribution in [2.45, 2.75) is 13.8 Å². The summed E-state index contributed by atoms with van der Waals surface area (Å²) >= 11 is 0. The molecule has 0 aliphatic carbocycles. The van der Waals surface area contributed by atoms with E-state index in [0.29, 0.717) is 0 Å². The minimum Gasteiger partial charge on any atom is -0.321 e. The molecule has 0 aromatic heterocycles. The number of hydrogen-bond donors (Lipinski definition) is 2. The number of nitrogens with zero attached hydrogens (tertiary/aromatic N) is 1. The van der Waals surface area contributed by atoms with Gasteiger partial charge in [0.2, 0.25) is 0 Å². The number of benzene rings is 3. The molecule has 0 aliphatic rings. The SMILES string of the molecule is Cc1ccc(N(c2ccc(C)cc2)c2ccc(P(=O)(O)O)cc2)cc1. The molecular formula is C20H20NO3P. The third-order valence-electron chi connectivity index (χ3n) is 4.03. The van der Waals surface area contributed by atoms with Crippen molar-refractivity contribution in [1.29, 1.82) is 0 Å².